The van der Waals surface area contributed by atoms with Gasteiger partial charge in [0.05, 0.1) is 33.0 Å². The third-order valence-corrected chi connectivity index (χ3v) is 3.91. The molecule has 0 aromatic heterocycles. The van der Waals surface area contributed by atoms with Crippen LogP contribution in [0.15, 0.2) is 12.1 Å². The Labute approximate surface area is 145 Å². The van der Waals surface area contributed by atoms with Gasteiger partial charge in [-0.25, -0.2) is 0 Å². The first-order valence-corrected chi connectivity index (χ1v) is 9.02. The zero-order valence-electron chi connectivity index (χ0n) is 15.0. The van der Waals surface area contributed by atoms with Gasteiger partial charge in [-0.15, -0.1) is 0 Å². The fraction of sp³-hybridized carbons (Fsp3) is 0.684. The van der Waals surface area contributed by atoms with Gasteiger partial charge in [-0.05, 0) is 36.1 Å². The summed E-state index contributed by atoms with van der Waals surface area (Å²) < 4.78 is 16.7. The lowest BCUT2D eigenvalue weighted by Crippen LogP contribution is -2.10. The monoisotopic (exact) mass is 338 g/mol. The maximum atomic E-state index is 5.75. The molecule has 1 aromatic rings. The fourth-order valence-electron chi connectivity index (χ4n) is 2.57. The molecule has 5 heteroatoms. The largest absolute Gasteiger partial charge is 0.379 e. The molecule has 0 unspecified atom stereocenters. The molecule has 0 bridgehead atoms. The predicted octanol–water partition coefficient (Wildman–Crippen LogP) is 3.81. The summed E-state index contributed by atoms with van der Waals surface area (Å²) in [5.41, 5.74) is 3.60. The molecule has 5 nitrogen and oxygen atoms in total. The van der Waals surface area contributed by atoms with Gasteiger partial charge in [0.25, 0.3) is 0 Å². The Morgan fingerprint density at radius 1 is 0.875 bits per heavy atom. The van der Waals surface area contributed by atoms with Gasteiger partial charge in [-0.2, -0.15) is 4.89 Å². The molecule has 136 valence electrons. The number of hydrogen-bond donors (Lipinski definition) is 0. The van der Waals surface area contributed by atoms with Crippen molar-refractivity contribution in [1.29, 1.82) is 0 Å². The minimum atomic E-state index is 0.529. The van der Waals surface area contributed by atoms with E-state index in [1.54, 1.807) is 0 Å². The topological polar surface area (TPSA) is 46.2 Å². The Morgan fingerprint density at radius 3 is 2.38 bits per heavy atom. The van der Waals surface area contributed by atoms with Gasteiger partial charge in [0, 0.05) is 12.2 Å². The van der Waals surface area contributed by atoms with Crippen molar-refractivity contribution in [3.8, 4) is 5.75 Å². The minimum absolute atomic E-state index is 0.529. The van der Waals surface area contributed by atoms with Gasteiger partial charge in [-0.3, -0.25) is 0 Å². The van der Waals surface area contributed by atoms with Crippen LogP contribution in [0.3, 0.4) is 0 Å². The van der Waals surface area contributed by atoms with E-state index in [-0.39, 0.29) is 0 Å². The SMILES string of the molecule is CCCCOCCOCCOCc1cc2c(cc1CCC)COO2. The summed E-state index contributed by atoms with van der Waals surface area (Å²) in [6.07, 6.45) is 4.42. The molecule has 0 amide bonds. The second kappa shape index (κ2) is 11.4. The fourth-order valence-corrected chi connectivity index (χ4v) is 2.57. The predicted molar refractivity (Wildman–Crippen MR) is 92.1 cm³/mol. The standard InChI is InChI=1S/C19H30O5/c1-3-5-7-20-8-9-21-10-11-22-14-17-13-19-18(15-23-24-19)12-16(17)6-4-2/h12-13H,3-11,14-15H2,1-2H3. The molecule has 0 radical (unpaired) electrons. The molecule has 0 spiro atoms. The number of hydrogen-bond acceptors (Lipinski definition) is 5. The van der Waals surface area contributed by atoms with Crippen molar-refractivity contribution < 1.29 is 24.0 Å². The lowest BCUT2D eigenvalue weighted by atomic mass is 10.00. The highest BCUT2D eigenvalue weighted by Crippen LogP contribution is 2.30. The van der Waals surface area contributed by atoms with Gasteiger partial charge in [-0.1, -0.05) is 26.7 Å². The maximum Gasteiger partial charge on any atom is 0.171 e. The molecular weight excluding hydrogens is 308 g/mol. The molecule has 1 aliphatic rings. The highest BCUT2D eigenvalue weighted by Gasteiger charge is 2.17. The Morgan fingerprint density at radius 2 is 1.62 bits per heavy atom. The first-order valence-electron chi connectivity index (χ1n) is 9.02. The summed E-state index contributed by atoms with van der Waals surface area (Å²) in [5, 5.41) is 0. The molecule has 1 aromatic carbocycles. The molecule has 0 N–H and O–H groups in total. The van der Waals surface area contributed by atoms with Crippen molar-refractivity contribution in [2.24, 2.45) is 0 Å². The number of benzene rings is 1. The molecule has 0 atom stereocenters. The van der Waals surface area contributed by atoms with E-state index >= 15 is 0 Å². The van der Waals surface area contributed by atoms with Gasteiger partial charge >= 0.3 is 0 Å². The van der Waals surface area contributed by atoms with Crippen molar-refractivity contribution in [3.63, 3.8) is 0 Å². The Balaban J connectivity index is 1.63. The van der Waals surface area contributed by atoms with E-state index in [0.29, 0.717) is 39.6 Å². The Bertz CT molecular complexity index is 475. The number of aryl methyl sites for hydroxylation is 1. The van der Waals surface area contributed by atoms with Crippen molar-refractivity contribution >= 4 is 0 Å². The quantitative estimate of drug-likeness (QED) is 0.404. The minimum Gasteiger partial charge on any atom is -0.379 e. The lowest BCUT2D eigenvalue weighted by molar-refractivity contribution is -0.194. The van der Waals surface area contributed by atoms with Crippen molar-refractivity contribution in [2.45, 2.75) is 52.7 Å². The molecule has 0 saturated heterocycles. The van der Waals surface area contributed by atoms with Crippen LogP contribution >= 0.6 is 0 Å². The first kappa shape index (κ1) is 19.2. The molecule has 0 aliphatic carbocycles. The summed E-state index contributed by atoms with van der Waals surface area (Å²) in [6, 6.07) is 4.21. The smallest absolute Gasteiger partial charge is 0.171 e. The van der Waals surface area contributed by atoms with Crippen LogP contribution in [-0.4, -0.2) is 33.0 Å². The number of ether oxygens (including phenoxy) is 3. The van der Waals surface area contributed by atoms with Gasteiger partial charge in [0.1, 0.15) is 6.61 Å². The summed E-state index contributed by atoms with van der Waals surface area (Å²) >= 11 is 0. The summed E-state index contributed by atoms with van der Waals surface area (Å²) in [7, 11) is 0. The van der Waals surface area contributed by atoms with Crippen LogP contribution in [0.25, 0.3) is 0 Å². The third kappa shape index (κ3) is 6.40. The van der Waals surface area contributed by atoms with E-state index in [9.17, 15) is 0 Å². The van der Waals surface area contributed by atoms with E-state index in [0.717, 1.165) is 43.6 Å². The molecule has 0 fully saturated rings. The van der Waals surface area contributed by atoms with Crippen molar-refractivity contribution in [1.82, 2.24) is 0 Å². The third-order valence-electron chi connectivity index (χ3n) is 3.91. The van der Waals surface area contributed by atoms with E-state index in [1.165, 1.54) is 11.1 Å². The van der Waals surface area contributed by atoms with Gasteiger partial charge < -0.3 is 19.1 Å². The highest BCUT2D eigenvalue weighted by atomic mass is 17.2. The highest BCUT2D eigenvalue weighted by molar-refractivity contribution is 5.43. The Hall–Kier alpha value is -1.14. The van der Waals surface area contributed by atoms with Crippen LogP contribution in [0.4, 0.5) is 0 Å². The lowest BCUT2D eigenvalue weighted by Gasteiger charge is -2.11. The summed E-state index contributed by atoms with van der Waals surface area (Å²) in [5.74, 6) is 0.814. The second-order valence-corrected chi connectivity index (χ2v) is 5.96. The van der Waals surface area contributed by atoms with Crippen LogP contribution in [0.1, 0.15) is 49.8 Å². The van der Waals surface area contributed by atoms with E-state index in [1.807, 2.05) is 6.07 Å². The van der Waals surface area contributed by atoms with Crippen LogP contribution in [0.5, 0.6) is 5.75 Å². The normalized spacial score (nSPS) is 13.1. The molecule has 0 saturated carbocycles. The summed E-state index contributed by atoms with van der Waals surface area (Å²) in [6.45, 7) is 8.70. The zero-order valence-corrected chi connectivity index (χ0v) is 15.0. The number of rotatable bonds is 13. The van der Waals surface area contributed by atoms with Gasteiger partial charge in [0.15, 0.2) is 5.75 Å². The molecular formula is C19H30O5. The van der Waals surface area contributed by atoms with Crippen LogP contribution < -0.4 is 4.89 Å². The van der Waals surface area contributed by atoms with Crippen LogP contribution in [-0.2, 0) is 38.7 Å². The zero-order chi connectivity index (χ0) is 17.0. The first-order chi connectivity index (χ1) is 11.8. The van der Waals surface area contributed by atoms with Crippen LogP contribution in [0, 0.1) is 0 Å². The van der Waals surface area contributed by atoms with E-state index < -0.39 is 0 Å². The average Bonchev–Trinajstić information content (AvgIpc) is 3.04. The second-order valence-electron chi connectivity index (χ2n) is 5.96. The van der Waals surface area contributed by atoms with Crippen LogP contribution in [0.2, 0.25) is 0 Å². The van der Waals surface area contributed by atoms with Gasteiger partial charge in [0.2, 0.25) is 0 Å². The Kier molecular flexibility index (Phi) is 9.13. The molecule has 24 heavy (non-hydrogen) atoms. The number of unbranched alkanes of at least 4 members (excludes halogenated alkanes) is 1. The molecule has 1 aliphatic heterocycles. The molecule has 2 rings (SSSR count). The van der Waals surface area contributed by atoms with Crippen molar-refractivity contribution in [2.75, 3.05) is 33.0 Å². The van der Waals surface area contributed by atoms with E-state index in [4.69, 9.17) is 24.0 Å². The maximum absolute atomic E-state index is 5.75. The average molecular weight is 338 g/mol. The number of fused-ring (bicyclic) bond motifs is 1. The summed E-state index contributed by atoms with van der Waals surface area (Å²) in [4.78, 5) is 10.2. The van der Waals surface area contributed by atoms with E-state index in [2.05, 4.69) is 19.9 Å². The van der Waals surface area contributed by atoms with Crippen molar-refractivity contribution in [3.05, 3.63) is 28.8 Å². The molecule has 1 heterocycles.